The van der Waals surface area contributed by atoms with Crippen LogP contribution in [0.15, 0.2) is 21.3 Å². The molecule has 0 spiro atoms. The first-order chi connectivity index (χ1) is 14.4. The van der Waals surface area contributed by atoms with Gasteiger partial charge in [0.25, 0.3) is 5.91 Å². The molecule has 0 bridgehead atoms. The number of rotatable bonds is 5. The number of amides is 1. The maximum atomic E-state index is 12.4. The van der Waals surface area contributed by atoms with E-state index in [1.807, 2.05) is 6.92 Å². The van der Waals surface area contributed by atoms with Crippen molar-refractivity contribution in [1.82, 2.24) is 10.2 Å². The minimum atomic E-state index is -0.379. The summed E-state index contributed by atoms with van der Waals surface area (Å²) < 4.78 is 11.0. The van der Waals surface area contributed by atoms with E-state index in [0.717, 1.165) is 17.4 Å². The molecule has 0 unspecified atom stereocenters. The summed E-state index contributed by atoms with van der Waals surface area (Å²) in [6.45, 7) is 6.52. The number of hydrogen-bond donors (Lipinski definition) is 1. The van der Waals surface area contributed by atoms with E-state index in [4.69, 9.17) is 20.8 Å². The number of nitrogens with one attached hydrogen (secondary N) is 1. The summed E-state index contributed by atoms with van der Waals surface area (Å²) in [7, 11) is 0. The third-order valence-electron chi connectivity index (χ3n) is 6.66. The molecule has 1 N–H and O–H groups in total. The van der Waals surface area contributed by atoms with Crippen LogP contribution >= 0.6 is 11.6 Å². The molecular formula is C23H29ClN2O4. The number of ether oxygens (including phenoxy) is 1. The Labute approximate surface area is 181 Å². The average Bonchev–Trinajstić information content (AvgIpc) is 2.75. The van der Waals surface area contributed by atoms with Gasteiger partial charge in [0.1, 0.15) is 11.3 Å². The lowest BCUT2D eigenvalue weighted by atomic mass is 9.83. The molecule has 2 aliphatic rings. The Kier molecular flexibility index (Phi) is 6.34. The molecule has 2 aromatic rings. The molecule has 1 aromatic carbocycles. The zero-order valence-electron chi connectivity index (χ0n) is 17.6. The zero-order chi connectivity index (χ0) is 21.3. The Morgan fingerprint density at radius 1 is 1.20 bits per heavy atom. The van der Waals surface area contributed by atoms with E-state index >= 15 is 0 Å². The lowest BCUT2D eigenvalue weighted by Crippen LogP contribution is -2.51. The van der Waals surface area contributed by atoms with Crippen LogP contribution in [0.4, 0.5) is 0 Å². The first-order valence-corrected chi connectivity index (χ1v) is 11.2. The monoisotopic (exact) mass is 432 g/mol. The largest absolute Gasteiger partial charge is 0.482 e. The molecule has 1 amide bonds. The Bertz CT molecular complexity index is 1000. The average molecular weight is 433 g/mol. The number of hydrogen-bond acceptors (Lipinski definition) is 5. The van der Waals surface area contributed by atoms with Gasteiger partial charge in [0.15, 0.2) is 6.61 Å². The van der Waals surface area contributed by atoms with Gasteiger partial charge in [-0.15, -0.1) is 0 Å². The minimum Gasteiger partial charge on any atom is -0.482 e. The smallest absolute Gasteiger partial charge is 0.339 e. The number of carbonyl (C=O) groups is 1. The van der Waals surface area contributed by atoms with Gasteiger partial charge in [-0.25, -0.2) is 4.79 Å². The van der Waals surface area contributed by atoms with Crippen molar-refractivity contribution in [3.05, 3.63) is 38.7 Å². The van der Waals surface area contributed by atoms with E-state index in [9.17, 15) is 9.59 Å². The van der Waals surface area contributed by atoms with E-state index < -0.39 is 0 Å². The van der Waals surface area contributed by atoms with E-state index in [1.54, 1.807) is 19.1 Å². The molecule has 0 radical (unpaired) electrons. The number of halogens is 1. The van der Waals surface area contributed by atoms with Crippen molar-refractivity contribution >= 4 is 28.5 Å². The summed E-state index contributed by atoms with van der Waals surface area (Å²) in [6, 6.07) is 3.90. The second kappa shape index (κ2) is 8.98. The molecule has 4 rings (SSSR count). The Morgan fingerprint density at radius 3 is 2.83 bits per heavy atom. The first kappa shape index (κ1) is 21.2. The van der Waals surface area contributed by atoms with Crippen molar-refractivity contribution < 1.29 is 13.9 Å². The molecule has 2 saturated heterocycles. The second-order valence-corrected chi connectivity index (χ2v) is 8.92. The standard InChI is InChI=1S/C23H29ClN2O4/c1-14-15(2)23(28)30-20-11-21(18(24)10-17(14)20)29-13-22(27)25-12-16-6-5-9-26-8-4-3-7-19(16)26/h10-11,16,19H,3-9,12-13H2,1-2H3,(H,25,27)/t16-,19+/m0/s1. The number of piperidine rings is 2. The van der Waals surface area contributed by atoms with Gasteiger partial charge in [-0.05, 0) is 70.2 Å². The molecular weight excluding hydrogens is 404 g/mol. The van der Waals surface area contributed by atoms with Crippen LogP contribution in [0.5, 0.6) is 5.75 Å². The number of benzene rings is 1. The van der Waals surface area contributed by atoms with Crippen LogP contribution in [0.2, 0.25) is 5.02 Å². The van der Waals surface area contributed by atoms with Crippen LogP contribution in [0, 0.1) is 19.8 Å². The third kappa shape index (κ3) is 4.35. The predicted octanol–water partition coefficient (Wildman–Crippen LogP) is 3.82. The third-order valence-corrected chi connectivity index (χ3v) is 6.95. The van der Waals surface area contributed by atoms with Crippen LogP contribution in [-0.4, -0.2) is 43.1 Å². The molecule has 30 heavy (non-hydrogen) atoms. The van der Waals surface area contributed by atoms with Gasteiger partial charge in [0.05, 0.1) is 5.02 Å². The van der Waals surface area contributed by atoms with Gasteiger partial charge in [-0.1, -0.05) is 18.0 Å². The number of nitrogens with zero attached hydrogens (tertiary/aromatic N) is 1. The zero-order valence-corrected chi connectivity index (χ0v) is 18.4. The van der Waals surface area contributed by atoms with Crippen molar-refractivity contribution in [1.29, 1.82) is 0 Å². The maximum Gasteiger partial charge on any atom is 0.339 e. The Hall–Kier alpha value is -2.05. The number of fused-ring (bicyclic) bond motifs is 2. The van der Waals surface area contributed by atoms with Crippen LogP contribution in [0.3, 0.4) is 0 Å². The summed E-state index contributed by atoms with van der Waals surface area (Å²) in [5, 5.41) is 4.18. The summed E-state index contributed by atoms with van der Waals surface area (Å²) in [5.41, 5.74) is 1.42. The Balaban J connectivity index is 1.36. The van der Waals surface area contributed by atoms with Crippen molar-refractivity contribution in [2.24, 2.45) is 5.92 Å². The van der Waals surface area contributed by atoms with E-state index in [2.05, 4.69) is 10.2 Å². The minimum absolute atomic E-state index is 0.124. The maximum absolute atomic E-state index is 12.4. The quantitative estimate of drug-likeness (QED) is 0.727. The molecule has 0 saturated carbocycles. The molecule has 1 aromatic heterocycles. The molecule has 2 fully saturated rings. The molecule has 3 heterocycles. The predicted molar refractivity (Wildman–Crippen MR) is 117 cm³/mol. The molecule has 0 aliphatic carbocycles. The van der Waals surface area contributed by atoms with Crippen molar-refractivity contribution in [2.45, 2.75) is 52.0 Å². The van der Waals surface area contributed by atoms with E-state index in [-0.39, 0.29) is 18.1 Å². The van der Waals surface area contributed by atoms with Crippen molar-refractivity contribution in [3.8, 4) is 5.75 Å². The fourth-order valence-electron chi connectivity index (χ4n) is 4.81. The molecule has 2 atom stereocenters. The normalized spacial score (nSPS) is 22.0. The van der Waals surface area contributed by atoms with E-state index in [0.29, 0.717) is 40.4 Å². The molecule has 162 valence electrons. The van der Waals surface area contributed by atoms with Crippen molar-refractivity contribution in [2.75, 3.05) is 26.2 Å². The summed E-state index contributed by atoms with van der Waals surface area (Å²) in [4.78, 5) is 26.9. The van der Waals surface area contributed by atoms with Crippen LogP contribution in [-0.2, 0) is 4.79 Å². The lowest BCUT2D eigenvalue weighted by molar-refractivity contribution is -0.123. The number of aryl methyl sites for hydroxylation is 1. The SMILES string of the molecule is Cc1c(C)c2cc(Cl)c(OCC(=O)NC[C@@H]3CCCN4CCCC[C@H]34)cc2oc1=O. The van der Waals surface area contributed by atoms with Gasteiger partial charge in [-0.3, -0.25) is 4.79 Å². The van der Waals surface area contributed by atoms with Gasteiger partial charge >= 0.3 is 5.63 Å². The molecule has 2 aliphatic heterocycles. The van der Waals surface area contributed by atoms with Crippen LogP contribution in [0.1, 0.15) is 43.2 Å². The number of carbonyl (C=O) groups excluding carboxylic acids is 1. The summed E-state index contributed by atoms with van der Waals surface area (Å²) >= 11 is 6.34. The topological polar surface area (TPSA) is 71.8 Å². The van der Waals surface area contributed by atoms with Crippen molar-refractivity contribution in [3.63, 3.8) is 0 Å². The fourth-order valence-corrected chi connectivity index (χ4v) is 5.03. The van der Waals surface area contributed by atoms with Crippen LogP contribution < -0.4 is 15.7 Å². The van der Waals surface area contributed by atoms with E-state index in [1.165, 1.54) is 38.8 Å². The highest BCUT2D eigenvalue weighted by atomic mass is 35.5. The second-order valence-electron chi connectivity index (χ2n) is 8.51. The molecule has 6 nitrogen and oxygen atoms in total. The van der Waals surface area contributed by atoms with Gasteiger partial charge in [-0.2, -0.15) is 0 Å². The van der Waals surface area contributed by atoms with Gasteiger partial charge in [0, 0.05) is 29.6 Å². The van der Waals surface area contributed by atoms with Gasteiger partial charge < -0.3 is 19.4 Å². The highest BCUT2D eigenvalue weighted by Gasteiger charge is 2.32. The highest BCUT2D eigenvalue weighted by molar-refractivity contribution is 6.32. The van der Waals surface area contributed by atoms with Crippen LogP contribution in [0.25, 0.3) is 11.0 Å². The first-order valence-electron chi connectivity index (χ1n) is 10.8. The lowest BCUT2D eigenvalue weighted by Gasteiger charge is -2.44. The fraction of sp³-hybridized carbons (Fsp3) is 0.565. The summed E-state index contributed by atoms with van der Waals surface area (Å²) in [5.74, 6) is 0.676. The highest BCUT2D eigenvalue weighted by Crippen LogP contribution is 2.32. The molecule has 7 heteroatoms. The summed E-state index contributed by atoms with van der Waals surface area (Å²) in [6.07, 6.45) is 6.16. The van der Waals surface area contributed by atoms with Gasteiger partial charge in [0.2, 0.25) is 0 Å². The Morgan fingerprint density at radius 2 is 2.00 bits per heavy atom.